The summed E-state index contributed by atoms with van der Waals surface area (Å²) in [6.45, 7) is 21.7. The van der Waals surface area contributed by atoms with Crippen molar-refractivity contribution in [2.75, 3.05) is 19.6 Å². The Morgan fingerprint density at radius 3 is 0.848 bits per heavy atom. The van der Waals surface area contributed by atoms with E-state index in [0.717, 1.165) is 118 Å². The van der Waals surface area contributed by atoms with Crippen LogP contribution >= 0.6 is 0 Å². The first-order valence-electron chi connectivity index (χ1n) is 46.8. The Bertz CT molecular complexity index is 8900. The summed E-state index contributed by atoms with van der Waals surface area (Å²) in [5.74, 6) is -0.890. The molecular weight excluding hydrogens is 1780 g/mol. The maximum absolute atomic E-state index is 9.30. The van der Waals surface area contributed by atoms with Gasteiger partial charge < -0.3 is 47.7 Å². The number of fused-ring (bicyclic) bond motifs is 15. The molecule has 19 nitrogen and oxygen atoms in total. The average Bonchev–Trinajstić information content (AvgIpc) is 1.47. The Balaban J connectivity index is 0.000000128. The number of benzene rings is 19. The highest BCUT2D eigenvalue weighted by Crippen LogP contribution is 2.47. The third kappa shape index (κ3) is 16.5. The van der Waals surface area contributed by atoms with Gasteiger partial charge in [0.2, 0.25) is 11.0 Å². The van der Waals surface area contributed by atoms with Crippen molar-refractivity contribution in [2.45, 2.75) is 0 Å². The Kier molecular flexibility index (Phi) is 23.2. The zero-order valence-electron chi connectivity index (χ0n) is 77.3. The number of nitrogens with zero attached hydrogens (tertiary/aromatic N) is 18. The molecule has 0 spiro atoms. The molecule has 0 aliphatic carbocycles. The molecule has 0 unspecified atom stereocenters. The summed E-state index contributed by atoms with van der Waals surface area (Å²) >= 11 is 0. The molecule has 676 valence electrons. The van der Waals surface area contributed by atoms with Crippen LogP contribution in [0.2, 0.25) is 0 Å². The summed E-state index contributed by atoms with van der Waals surface area (Å²) in [7, 11) is 0. The minimum absolute atomic E-state index is 0.000622. The van der Waals surface area contributed by atoms with E-state index in [-0.39, 0.29) is 67.6 Å². The highest BCUT2D eigenvalue weighted by molar-refractivity contribution is 6.20. The van der Waals surface area contributed by atoms with Crippen LogP contribution in [0, 0.1) is 53.7 Å². The van der Waals surface area contributed by atoms with E-state index >= 15 is 0 Å². The molecule has 0 bridgehead atoms. The lowest BCUT2D eigenvalue weighted by atomic mass is 10.0. The molecule has 0 aliphatic rings. The molecule has 19 aromatic carbocycles. The van der Waals surface area contributed by atoms with Crippen LogP contribution in [0.1, 0.15) is 17.1 Å². The van der Waals surface area contributed by atoms with Gasteiger partial charge in [-0.15, -0.1) is 15.0 Å². The molecule has 0 radical (unpaired) electrons. The van der Waals surface area contributed by atoms with E-state index in [0.29, 0.717) is 0 Å². The minimum atomic E-state index is -0.298. The van der Waals surface area contributed by atoms with Crippen LogP contribution in [-0.2, 0) is 0 Å². The van der Waals surface area contributed by atoms with E-state index in [2.05, 4.69) is 522 Å². The smallest absolute Gasteiger partial charge is 0.307 e. The number of anilines is 12. The van der Waals surface area contributed by atoms with Gasteiger partial charge in [-0.2, -0.15) is 15.8 Å². The van der Waals surface area contributed by atoms with Crippen molar-refractivity contribution in [3.8, 4) is 63.0 Å². The number of rotatable bonds is 17. The number of aromatic nitrogens is 8. The van der Waals surface area contributed by atoms with Crippen molar-refractivity contribution < 1.29 is 4.42 Å². The Morgan fingerprint density at radius 1 is 0.221 bits per heavy atom. The highest BCUT2D eigenvalue weighted by atomic mass is 16.3. The first-order valence-corrected chi connectivity index (χ1v) is 46.8. The van der Waals surface area contributed by atoms with E-state index < -0.39 is 0 Å². The third-order valence-corrected chi connectivity index (χ3v) is 25.9. The standard InChI is InChI=1S/C60H46N4.C48H30N2O.C18N12/c1-7-19-49(20-8-1)61(50-21-9-2-10-22-50)57-39-43-59(44-40-57)63(53-27-15-5-16-28-53)55-35-31-47(32-36-55)48-33-37-56(38-34-48)64(54-29-17-6-18-30-54)60-45-41-58(42-46-60)62(51-23-11-3-12-24-51)52-25-13-4-14-26-52;1-2-11-34(12-3-1)49-43-18-7-4-13-37(43)41-29-32(23-27-45(41)49)33-24-28-46-42(30-33)38-14-5-8-19-44(38)50(46)35-25-21-31(22-26-35)36-16-10-17-40-39-15-6-9-20-47(39)51-48(36)40;1-22-16-9(6-21)27-12-10-11(26-8(5-20)7(4-19)25-10)14-15(13(12)28-16)30-18(24-3)17(23-2)29-14/h1-46H;1-30H;. The van der Waals surface area contributed by atoms with E-state index in [1.165, 1.54) is 60.4 Å². The van der Waals surface area contributed by atoms with Crippen molar-refractivity contribution >= 4 is 184 Å². The van der Waals surface area contributed by atoms with E-state index in [1.807, 2.05) is 12.1 Å². The fourth-order valence-corrected chi connectivity index (χ4v) is 19.3. The molecule has 0 amide bonds. The van der Waals surface area contributed by atoms with Crippen LogP contribution in [0.15, 0.2) is 465 Å². The van der Waals surface area contributed by atoms with Crippen LogP contribution < -0.4 is 19.6 Å². The van der Waals surface area contributed by atoms with Crippen molar-refractivity contribution in [3.63, 3.8) is 0 Å². The minimum Gasteiger partial charge on any atom is -0.455 e. The van der Waals surface area contributed by atoms with Crippen molar-refractivity contribution in [3.05, 3.63) is 512 Å². The van der Waals surface area contributed by atoms with Crippen molar-refractivity contribution in [2.24, 2.45) is 0 Å². The van der Waals surface area contributed by atoms with Crippen LogP contribution in [0.25, 0.3) is 158 Å². The maximum Gasteiger partial charge on any atom is 0.307 e. The lowest BCUT2D eigenvalue weighted by Gasteiger charge is -2.28. The lowest BCUT2D eigenvalue weighted by molar-refractivity contribution is 0.670. The third-order valence-electron chi connectivity index (χ3n) is 25.9. The van der Waals surface area contributed by atoms with Gasteiger partial charge in [-0.05, 0) is 240 Å². The summed E-state index contributed by atoms with van der Waals surface area (Å²) in [5, 5.41) is 35.2. The second kappa shape index (κ2) is 38.4. The lowest BCUT2D eigenvalue weighted by Crippen LogP contribution is -2.12. The van der Waals surface area contributed by atoms with Crippen LogP contribution in [0.3, 0.4) is 0 Å². The van der Waals surface area contributed by atoms with Crippen LogP contribution in [0.4, 0.5) is 85.7 Å². The Hall–Kier alpha value is -21.3. The second-order valence-electron chi connectivity index (χ2n) is 34.3. The van der Waals surface area contributed by atoms with Gasteiger partial charge in [0, 0.05) is 118 Å². The molecule has 0 saturated heterocycles. The number of nitriles is 3. The summed E-state index contributed by atoms with van der Waals surface area (Å²) in [5.41, 5.74) is 28.2. The van der Waals surface area contributed by atoms with Crippen molar-refractivity contribution in [1.29, 1.82) is 15.8 Å². The van der Waals surface area contributed by atoms with Gasteiger partial charge in [0.1, 0.15) is 45.9 Å². The molecule has 6 aromatic heterocycles. The zero-order valence-corrected chi connectivity index (χ0v) is 77.3. The van der Waals surface area contributed by atoms with Gasteiger partial charge >= 0.3 is 5.82 Å². The molecule has 0 N–H and O–H groups in total. The maximum atomic E-state index is 9.30. The molecule has 25 rings (SSSR count). The van der Waals surface area contributed by atoms with E-state index in [4.69, 9.17) is 24.1 Å². The number of hydrogen-bond donors (Lipinski definition) is 0. The van der Waals surface area contributed by atoms with Gasteiger partial charge in [0.05, 0.1) is 22.1 Å². The summed E-state index contributed by atoms with van der Waals surface area (Å²) < 4.78 is 11.1. The summed E-state index contributed by atoms with van der Waals surface area (Å²) in [4.78, 5) is 43.6. The first kappa shape index (κ1) is 87.8. The molecule has 19 heteroatoms. The number of furan rings is 1. The molecule has 25 aromatic rings. The quantitative estimate of drug-likeness (QED) is 0.0616. The fourth-order valence-electron chi connectivity index (χ4n) is 19.3. The van der Waals surface area contributed by atoms with Gasteiger partial charge in [-0.25, -0.2) is 15.0 Å². The van der Waals surface area contributed by atoms with E-state index in [1.54, 1.807) is 18.2 Å². The molecule has 0 aliphatic heterocycles. The van der Waals surface area contributed by atoms with Gasteiger partial charge in [0.15, 0.2) is 17.1 Å². The topological polar surface area (TPSA) is 198 Å². The molecule has 0 saturated carbocycles. The summed E-state index contributed by atoms with van der Waals surface area (Å²) in [6.07, 6.45) is 0. The molecule has 0 atom stereocenters. The molecule has 6 heterocycles. The second-order valence-corrected chi connectivity index (χ2v) is 34.3. The largest absolute Gasteiger partial charge is 0.455 e. The molecule has 0 fully saturated rings. The average molecular weight is 1860 g/mol. The Labute approximate surface area is 833 Å². The Morgan fingerprint density at radius 2 is 0.490 bits per heavy atom. The monoisotopic (exact) mass is 1860 g/mol. The van der Waals surface area contributed by atoms with Crippen molar-refractivity contribution in [1.82, 2.24) is 39.0 Å². The molecule has 145 heavy (non-hydrogen) atoms. The fraction of sp³-hybridized carbons (Fsp3) is 0. The summed E-state index contributed by atoms with van der Waals surface area (Å²) in [6, 6.07) is 169. The van der Waals surface area contributed by atoms with Gasteiger partial charge in [0.25, 0.3) is 17.2 Å². The first-order chi connectivity index (χ1) is 71.7. The number of para-hydroxylation sites is 11. The highest BCUT2D eigenvalue weighted by Gasteiger charge is 2.30. The zero-order chi connectivity index (χ0) is 97.8. The predicted molar refractivity (Wildman–Crippen MR) is 583 cm³/mol. The van der Waals surface area contributed by atoms with Crippen LogP contribution in [0.5, 0.6) is 0 Å². The van der Waals surface area contributed by atoms with E-state index in [9.17, 15) is 15.8 Å². The van der Waals surface area contributed by atoms with Gasteiger partial charge in [-0.3, -0.25) is 0 Å². The predicted octanol–water partition coefficient (Wildman–Crippen LogP) is 33.1. The number of hydrogen-bond acceptors (Lipinski definition) is 14. The molecular formula is C126H76N18O. The van der Waals surface area contributed by atoms with Gasteiger partial charge in [-0.1, -0.05) is 268 Å². The SMILES string of the molecule is [C-]#[N+]c1nc2c(nc1C#N)c1nc(C#N)c(C#N)nc1c1nc([N+]#[C-])c([N+]#[C-])nc21.c1ccc(-n2c3ccccc3c3cc(-c4ccc5c(c4)c4ccccc4n5-c4ccc(-c5cccc6c5oc5ccccc56)cc4)ccc32)cc1.c1ccc(N(c2ccccc2)c2ccc(N(c3ccccc3)c3ccc(-c4ccc(N(c5ccccc5)c5ccc(N(c6ccccc6)c6ccccc6)cc5)cc4)cc3)cc2)cc1. The van der Waals surface area contributed by atoms with Crippen LogP contribution in [-0.4, -0.2) is 39.0 Å². The normalized spacial score (nSPS) is 11.0.